The highest BCUT2D eigenvalue weighted by Crippen LogP contribution is 2.06. The minimum Gasteiger partial charge on any atom is -0.330 e. The van der Waals surface area contributed by atoms with E-state index in [1.54, 1.807) is 26.0 Å². The molecular formula is C16H26N6. The Labute approximate surface area is 134 Å². The third-order valence-corrected chi connectivity index (χ3v) is 3.10. The van der Waals surface area contributed by atoms with Gasteiger partial charge in [-0.05, 0) is 38.8 Å². The van der Waals surface area contributed by atoms with E-state index in [9.17, 15) is 0 Å². The van der Waals surface area contributed by atoms with Crippen molar-refractivity contribution in [3.63, 3.8) is 0 Å². The number of hydrogen-bond acceptors (Lipinski definition) is 6. The second kappa shape index (κ2) is 18.6. The van der Waals surface area contributed by atoms with Crippen LogP contribution in [0.5, 0.6) is 0 Å². The van der Waals surface area contributed by atoms with E-state index in [0.717, 1.165) is 25.2 Å². The average molecular weight is 302 g/mol. The number of nitrogens with two attached hydrogens (primary N) is 2. The van der Waals surface area contributed by atoms with E-state index in [4.69, 9.17) is 32.5 Å². The summed E-state index contributed by atoms with van der Waals surface area (Å²) in [6, 6.07) is 7.32. The molecule has 0 aliphatic carbocycles. The molecule has 6 nitrogen and oxygen atoms in total. The van der Waals surface area contributed by atoms with Gasteiger partial charge >= 0.3 is 0 Å². The van der Waals surface area contributed by atoms with E-state index in [1.807, 2.05) is 12.1 Å². The lowest BCUT2D eigenvalue weighted by atomic mass is 9.97. The van der Waals surface area contributed by atoms with Gasteiger partial charge in [0.1, 0.15) is 0 Å². The van der Waals surface area contributed by atoms with Crippen LogP contribution < -0.4 is 11.5 Å². The molecule has 0 rings (SSSR count). The molecule has 0 heterocycles. The van der Waals surface area contributed by atoms with Crippen LogP contribution in [0.1, 0.15) is 27.7 Å². The molecule has 120 valence electrons. The van der Waals surface area contributed by atoms with Crippen LogP contribution in [0.25, 0.3) is 0 Å². The molecule has 0 aromatic heterocycles. The third kappa shape index (κ3) is 17.6. The Kier molecular flexibility index (Phi) is 20.8. The van der Waals surface area contributed by atoms with Gasteiger partial charge in [-0.2, -0.15) is 21.0 Å². The Morgan fingerprint density at radius 1 is 0.727 bits per heavy atom. The number of nitriles is 4. The first kappa shape index (κ1) is 24.6. The molecule has 0 aliphatic rings. The van der Waals surface area contributed by atoms with Crippen molar-refractivity contribution in [3.8, 4) is 24.3 Å². The first-order valence-electron chi connectivity index (χ1n) is 6.99. The predicted molar refractivity (Wildman–Crippen MR) is 86.4 cm³/mol. The van der Waals surface area contributed by atoms with Gasteiger partial charge < -0.3 is 11.5 Å². The average Bonchev–Trinajstić information content (AvgIpc) is 2.57. The number of rotatable bonds is 4. The summed E-state index contributed by atoms with van der Waals surface area (Å²) >= 11 is 0. The van der Waals surface area contributed by atoms with E-state index in [-0.39, 0.29) is 11.8 Å². The van der Waals surface area contributed by atoms with Crippen molar-refractivity contribution in [2.45, 2.75) is 27.7 Å². The predicted octanol–water partition coefficient (Wildman–Crippen LogP) is 2.07. The SMILES string of the molecule is CC(C#N)C(C)C#N.CC(CN)C(C)CN.N#C/C=C/C#N. The Balaban J connectivity index is -0.000000249. The van der Waals surface area contributed by atoms with Gasteiger partial charge in [-0.3, -0.25) is 0 Å². The highest BCUT2D eigenvalue weighted by molar-refractivity contribution is 5.11. The summed E-state index contributed by atoms with van der Waals surface area (Å²) in [6.07, 6.45) is 2.25. The molecule has 0 amide bonds. The second-order valence-corrected chi connectivity index (χ2v) is 4.85. The van der Waals surface area contributed by atoms with Gasteiger partial charge in [0.2, 0.25) is 0 Å². The van der Waals surface area contributed by atoms with Crippen molar-refractivity contribution >= 4 is 0 Å². The highest BCUT2D eigenvalue weighted by Gasteiger charge is 2.08. The third-order valence-electron chi connectivity index (χ3n) is 3.10. The van der Waals surface area contributed by atoms with E-state index >= 15 is 0 Å². The van der Waals surface area contributed by atoms with Gasteiger partial charge in [0.25, 0.3) is 0 Å². The van der Waals surface area contributed by atoms with E-state index in [2.05, 4.69) is 13.8 Å². The lowest BCUT2D eigenvalue weighted by Gasteiger charge is -2.14. The number of nitrogens with zero attached hydrogens (tertiary/aromatic N) is 4. The van der Waals surface area contributed by atoms with Crippen LogP contribution in [0.4, 0.5) is 0 Å². The summed E-state index contributed by atoms with van der Waals surface area (Å²) in [4.78, 5) is 0. The fraction of sp³-hybridized carbons (Fsp3) is 0.625. The fourth-order valence-corrected chi connectivity index (χ4v) is 0.763. The number of allylic oxidation sites excluding steroid dienone is 2. The summed E-state index contributed by atoms with van der Waals surface area (Å²) < 4.78 is 0. The van der Waals surface area contributed by atoms with Gasteiger partial charge in [-0.15, -0.1) is 0 Å². The Hall–Kier alpha value is -2.38. The summed E-state index contributed by atoms with van der Waals surface area (Å²) in [5, 5.41) is 31.9. The fourth-order valence-electron chi connectivity index (χ4n) is 0.763. The molecule has 0 spiro atoms. The Bertz CT molecular complexity index is 401. The smallest absolute Gasteiger partial charge is 0.0919 e. The zero-order valence-electron chi connectivity index (χ0n) is 13.8. The molecule has 4 N–H and O–H groups in total. The maximum atomic E-state index is 8.24. The monoisotopic (exact) mass is 302 g/mol. The molecule has 6 heteroatoms. The largest absolute Gasteiger partial charge is 0.330 e. The minimum absolute atomic E-state index is 0.139. The van der Waals surface area contributed by atoms with Crippen LogP contribution in [-0.4, -0.2) is 13.1 Å². The molecule has 0 aromatic carbocycles. The minimum atomic E-state index is -0.139. The van der Waals surface area contributed by atoms with Gasteiger partial charge in [-0.1, -0.05) is 13.8 Å². The van der Waals surface area contributed by atoms with Crippen molar-refractivity contribution in [2.75, 3.05) is 13.1 Å². The first-order chi connectivity index (χ1) is 10.4. The van der Waals surface area contributed by atoms with Gasteiger partial charge in [0, 0.05) is 12.2 Å². The molecule has 0 saturated carbocycles. The van der Waals surface area contributed by atoms with Crippen LogP contribution >= 0.6 is 0 Å². The molecule has 22 heavy (non-hydrogen) atoms. The van der Waals surface area contributed by atoms with Crippen molar-refractivity contribution in [1.29, 1.82) is 21.0 Å². The standard InChI is InChI=1S/C6H16N2.C6H8N2.C4H2N2/c2*1-5(3-7)6(2)4-8;5-3-1-2-4-6/h5-6H,3-4,7-8H2,1-2H3;5-6H,1-2H3;1-2H/b;;2-1+. The van der Waals surface area contributed by atoms with E-state index < -0.39 is 0 Å². The molecule has 4 atom stereocenters. The molecular weight excluding hydrogens is 276 g/mol. The lowest BCUT2D eigenvalue weighted by molar-refractivity contribution is 0.405. The summed E-state index contributed by atoms with van der Waals surface area (Å²) in [5.41, 5.74) is 10.8. The zero-order chi connectivity index (χ0) is 18.0. The van der Waals surface area contributed by atoms with Crippen LogP contribution in [0.15, 0.2) is 12.2 Å². The van der Waals surface area contributed by atoms with Crippen LogP contribution in [0.2, 0.25) is 0 Å². The summed E-state index contributed by atoms with van der Waals surface area (Å²) in [6.45, 7) is 9.23. The second-order valence-electron chi connectivity index (χ2n) is 4.85. The maximum Gasteiger partial charge on any atom is 0.0919 e. The van der Waals surface area contributed by atoms with Crippen molar-refractivity contribution < 1.29 is 0 Å². The van der Waals surface area contributed by atoms with Crippen molar-refractivity contribution in [3.05, 3.63) is 12.2 Å². The molecule has 0 aromatic rings. The molecule has 0 saturated heterocycles. The van der Waals surface area contributed by atoms with Crippen molar-refractivity contribution in [1.82, 2.24) is 0 Å². The van der Waals surface area contributed by atoms with Crippen molar-refractivity contribution in [2.24, 2.45) is 35.1 Å². The maximum absolute atomic E-state index is 8.24. The quantitative estimate of drug-likeness (QED) is 0.759. The molecule has 0 aliphatic heterocycles. The molecule has 0 radical (unpaired) electrons. The van der Waals surface area contributed by atoms with Gasteiger partial charge in [0.15, 0.2) is 0 Å². The Morgan fingerprint density at radius 2 is 1.00 bits per heavy atom. The zero-order valence-corrected chi connectivity index (χ0v) is 13.8. The van der Waals surface area contributed by atoms with Crippen LogP contribution in [0.3, 0.4) is 0 Å². The molecule has 0 bridgehead atoms. The van der Waals surface area contributed by atoms with Gasteiger partial charge in [-0.25, -0.2) is 0 Å². The topological polar surface area (TPSA) is 147 Å². The number of hydrogen-bond donors (Lipinski definition) is 2. The van der Waals surface area contributed by atoms with E-state index in [1.165, 1.54) is 0 Å². The Morgan fingerprint density at radius 3 is 1.14 bits per heavy atom. The highest BCUT2D eigenvalue weighted by atomic mass is 14.6. The molecule has 4 unspecified atom stereocenters. The first-order valence-corrected chi connectivity index (χ1v) is 6.99. The lowest BCUT2D eigenvalue weighted by Crippen LogP contribution is -2.24. The van der Waals surface area contributed by atoms with Gasteiger partial charge in [0.05, 0.1) is 36.1 Å². The van der Waals surface area contributed by atoms with Crippen LogP contribution in [-0.2, 0) is 0 Å². The molecule has 0 fully saturated rings. The summed E-state index contributed by atoms with van der Waals surface area (Å²) in [5.74, 6) is 0.861. The van der Waals surface area contributed by atoms with Crippen LogP contribution in [0, 0.1) is 69.0 Å². The van der Waals surface area contributed by atoms with E-state index in [0.29, 0.717) is 11.8 Å². The summed E-state index contributed by atoms with van der Waals surface area (Å²) in [7, 11) is 0. The normalized spacial score (nSPS) is 14.1.